The van der Waals surface area contributed by atoms with Crippen molar-refractivity contribution in [2.75, 3.05) is 11.8 Å². The molecule has 0 aromatic heterocycles. The minimum absolute atomic E-state index is 0.0533. The predicted molar refractivity (Wildman–Crippen MR) is 93.3 cm³/mol. The van der Waals surface area contributed by atoms with E-state index in [-0.39, 0.29) is 21.9 Å². The summed E-state index contributed by atoms with van der Waals surface area (Å²) < 4.78 is 55.6. The first-order chi connectivity index (χ1) is 12.0. The average Bonchev–Trinajstić information content (AvgIpc) is 2.54. The van der Waals surface area contributed by atoms with Gasteiger partial charge in [-0.1, -0.05) is 6.07 Å². The van der Waals surface area contributed by atoms with Gasteiger partial charge in [0.05, 0.1) is 23.3 Å². The SMILES string of the molecule is COc1ccc(C(=O)O)cc1S(=O)(=O)Nc1ccc(C)c(S(N)(=O)=O)c1. The monoisotopic (exact) mass is 400 g/mol. The first kappa shape index (κ1) is 19.7. The van der Waals surface area contributed by atoms with Gasteiger partial charge in [-0.15, -0.1) is 0 Å². The summed E-state index contributed by atoms with van der Waals surface area (Å²) in [5, 5.41) is 14.2. The van der Waals surface area contributed by atoms with E-state index in [0.717, 1.165) is 12.1 Å². The van der Waals surface area contributed by atoms with Crippen molar-refractivity contribution in [2.24, 2.45) is 5.14 Å². The second kappa shape index (κ2) is 6.94. The molecule has 0 atom stereocenters. The number of rotatable bonds is 6. The Morgan fingerprint density at radius 2 is 1.73 bits per heavy atom. The standard InChI is InChI=1S/C15H16N2O7S2/c1-9-3-5-11(8-13(9)25(16,20)21)17-26(22,23)14-7-10(15(18)19)4-6-12(14)24-2/h3-8,17H,1-2H3,(H,18,19)(H2,16,20,21). The highest BCUT2D eigenvalue weighted by Gasteiger charge is 2.23. The zero-order chi connectivity index (χ0) is 19.7. The number of anilines is 1. The Kier molecular flexibility index (Phi) is 5.26. The van der Waals surface area contributed by atoms with Gasteiger partial charge in [0.25, 0.3) is 10.0 Å². The van der Waals surface area contributed by atoms with E-state index in [9.17, 15) is 21.6 Å². The number of aryl methyl sites for hydroxylation is 1. The van der Waals surface area contributed by atoms with Gasteiger partial charge in [-0.3, -0.25) is 4.72 Å². The fraction of sp³-hybridized carbons (Fsp3) is 0.133. The molecule has 0 spiro atoms. The fourth-order valence-electron chi connectivity index (χ4n) is 2.20. The van der Waals surface area contributed by atoms with Crippen molar-refractivity contribution < 1.29 is 31.5 Å². The quantitative estimate of drug-likeness (QED) is 0.657. The van der Waals surface area contributed by atoms with E-state index in [1.807, 2.05) is 0 Å². The normalized spacial score (nSPS) is 11.8. The molecule has 0 heterocycles. The van der Waals surface area contributed by atoms with Crippen LogP contribution in [0.1, 0.15) is 15.9 Å². The van der Waals surface area contributed by atoms with Crippen LogP contribution in [-0.2, 0) is 20.0 Å². The van der Waals surface area contributed by atoms with Crippen LogP contribution in [0.2, 0.25) is 0 Å². The van der Waals surface area contributed by atoms with Crippen LogP contribution in [-0.4, -0.2) is 35.0 Å². The number of carboxylic acid groups (broad SMARTS) is 1. The third-order valence-corrected chi connectivity index (χ3v) is 5.90. The molecule has 0 amide bonds. The summed E-state index contributed by atoms with van der Waals surface area (Å²) >= 11 is 0. The van der Waals surface area contributed by atoms with Gasteiger partial charge in [-0.2, -0.15) is 0 Å². The van der Waals surface area contributed by atoms with Crippen LogP contribution in [0, 0.1) is 6.92 Å². The lowest BCUT2D eigenvalue weighted by Crippen LogP contribution is -2.17. The van der Waals surface area contributed by atoms with Gasteiger partial charge in [0.15, 0.2) is 0 Å². The molecule has 2 aromatic rings. The molecule has 11 heteroatoms. The molecule has 0 saturated heterocycles. The number of hydrogen-bond donors (Lipinski definition) is 3. The van der Waals surface area contributed by atoms with Crippen LogP contribution in [0.15, 0.2) is 46.2 Å². The van der Waals surface area contributed by atoms with Crippen LogP contribution < -0.4 is 14.6 Å². The number of benzene rings is 2. The highest BCUT2D eigenvalue weighted by atomic mass is 32.2. The number of aromatic carboxylic acids is 1. The molecule has 0 radical (unpaired) electrons. The van der Waals surface area contributed by atoms with Gasteiger partial charge in [0.2, 0.25) is 10.0 Å². The molecule has 0 unspecified atom stereocenters. The third kappa shape index (κ3) is 4.12. The van der Waals surface area contributed by atoms with Gasteiger partial charge < -0.3 is 9.84 Å². The van der Waals surface area contributed by atoms with Crippen molar-refractivity contribution >= 4 is 31.7 Å². The van der Waals surface area contributed by atoms with E-state index in [2.05, 4.69) is 4.72 Å². The van der Waals surface area contributed by atoms with E-state index >= 15 is 0 Å². The maximum atomic E-state index is 12.6. The maximum Gasteiger partial charge on any atom is 0.335 e. The lowest BCUT2D eigenvalue weighted by atomic mass is 10.2. The average molecular weight is 400 g/mol. The van der Waals surface area contributed by atoms with Crippen molar-refractivity contribution in [3.8, 4) is 5.75 Å². The Morgan fingerprint density at radius 3 is 2.27 bits per heavy atom. The van der Waals surface area contributed by atoms with Gasteiger partial charge in [-0.25, -0.2) is 26.8 Å². The molecule has 2 aromatic carbocycles. The zero-order valence-electron chi connectivity index (χ0n) is 13.8. The van der Waals surface area contributed by atoms with E-state index < -0.39 is 30.9 Å². The Balaban J connectivity index is 2.53. The van der Waals surface area contributed by atoms with Gasteiger partial charge >= 0.3 is 5.97 Å². The molecular formula is C15H16N2O7S2. The van der Waals surface area contributed by atoms with Crippen molar-refractivity contribution in [2.45, 2.75) is 16.7 Å². The zero-order valence-corrected chi connectivity index (χ0v) is 15.4. The van der Waals surface area contributed by atoms with Crippen LogP contribution >= 0.6 is 0 Å². The lowest BCUT2D eigenvalue weighted by Gasteiger charge is -2.13. The van der Waals surface area contributed by atoms with Crippen molar-refractivity contribution in [3.63, 3.8) is 0 Å². The van der Waals surface area contributed by atoms with Crippen LogP contribution in [0.25, 0.3) is 0 Å². The fourth-order valence-corrected chi connectivity index (χ4v) is 4.25. The number of hydrogen-bond acceptors (Lipinski definition) is 6. The predicted octanol–water partition coefficient (Wildman–Crippen LogP) is 1.15. The first-order valence-electron chi connectivity index (χ1n) is 7.03. The smallest absolute Gasteiger partial charge is 0.335 e. The second-order valence-electron chi connectivity index (χ2n) is 5.30. The lowest BCUT2D eigenvalue weighted by molar-refractivity contribution is 0.0696. The number of carboxylic acids is 1. The van der Waals surface area contributed by atoms with E-state index in [0.29, 0.717) is 5.56 Å². The largest absolute Gasteiger partial charge is 0.495 e. The highest BCUT2D eigenvalue weighted by Crippen LogP contribution is 2.28. The van der Waals surface area contributed by atoms with E-state index in [4.69, 9.17) is 15.0 Å². The molecule has 26 heavy (non-hydrogen) atoms. The summed E-state index contributed by atoms with van der Waals surface area (Å²) in [7, 11) is -7.07. The molecule has 0 fully saturated rings. The number of sulfonamides is 2. The molecule has 0 aliphatic rings. The Bertz CT molecular complexity index is 1080. The number of nitrogens with one attached hydrogen (secondary N) is 1. The van der Waals surface area contributed by atoms with Crippen LogP contribution in [0.5, 0.6) is 5.75 Å². The van der Waals surface area contributed by atoms with Crippen LogP contribution in [0.4, 0.5) is 5.69 Å². The molecule has 9 nitrogen and oxygen atoms in total. The molecule has 0 saturated carbocycles. The maximum absolute atomic E-state index is 12.6. The minimum atomic E-state index is -4.26. The summed E-state index contributed by atoms with van der Waals surface area (Å²) in [6.07, 6.45) is 0. The van der Waals surface area contributed by atoms with Crippen molar-refractivity contribution in [1.82, 2.24) is 0 Å². The molecule has 0 aliphatic heterocycles. The molecule has 140 valence electrons. The van der Waals surface area contributed by atoms with Gasteiger partial charge in [0.1, 0.15) is 10.6 Å². The summed E-state index contributed by atoms with van der Waals surface area (Å²) in [5.74, 6) is -1.38. The molecule has 0 bridgehead atoms. The minimum Gasteiger partial charge on any atom is -0.495 e. The number of primary sulfonamides is 1. The van der Waals surface area contributed by atoms with E-state index in [1.54, 1.807) is 0 Å². The first-order valence-corrected chi connectivity index (χ1v) is 10.1. The molecule has 2 rings (SSSR count). The molecule has 0 aliphatic carbocycles. The number of carbonyl (C=O) groups is 1. The number of nitrogens with two attached hydrogens (primary N) is 1. The third-order valence-electron chi connectivity index (χ3n) is 3.45. The van der Waals surface area contributed by atoms with Crippen molar-refractivity contribution in [3.05, 3.63) is 47.5 Å². The Hall–Kier alpha value is -2.63. The van der Waals surface area contributed by atoms with Crippen LogP contribution in [0.3, 0.4) is 0 Å². The van der Waals surface area contributed by atoms with Gasteiger partial charge in [-0.05, 0) is 42.8 Å². The highest BCUT2D eigenvalue weighted by molar-refractivity contribution is 7.92. The number of methoxy groups -OCH3 is 1. The summed E-state index contributed by atoms with van der Waals surface area (Å²) in [6, 6.07) is 7.18. The Morgan fingerprint density at radius 1 is 1.08 bits per heavy atom. The summed E-state index contributed by atoms with van der Waals surface area (Å²) in [5.41, 5.74) is 0.0450. The Labute approximate surface area is 150 Å². The summed E-state index contributed by atoms with van der Waals surface area (Å²) in [4.78, 5) is 10.5. The number of ether oxygens (including phenoxy) is 1. The summed E-state index contributed by atoms with van der Waals surface area (Å²) in [6.45, 7) is 1.51. The molecule has 4 N–H and O–H groups in total. The van der Waals surface area contributed by atoms with E-state index in [1.165, 1.54) is 38.3 Å². The second-order valence-corrected chi connectivity index (χ2v) is 8.48. The topological polar surface area (TPSA) is 153 Å². The molecular weight excluding hydrogens is 384 g/mol. The van der Waals surface area contributed by atoms with Gasteiger partial charge in [0, 0.05) is 0 Å². The van der Waals surface area contributed by atoms with Crippen molar-refractivity contribution in [1.29, 1.82) is 0 Å².